The second kappa shape index (κ2) is 13.4. The molecule has 0 aliphatic heterocycles. The molecule has 3 atom stereocenters. The van der Waals surface area contributed by atoms with Gasteiger partial charge in [0.05, 0.1) is 19.6 Å². The predicted molar refractivity (Wildman–Crippen MR) is 97.7 cm³/mol. The normalized spacial score (nSPS) is 13.6. The smallest absolute Gasteiger partial charge is 0.246 e. The molecule has 5 amide bonds. The van der Waals surface area contributed by atoms with E-state index in [1.165, 1.54) is 28.0 Å². The lowest BCUT2D eigenvalue weighted by Crippen LogP contribution is -2.55. The molecule has 0 radical (unpaired) electrons. The summed E-state index contributed by atoms with van der Waals surface area (Å²) in [5.41, 5.74) is 5.06. The summed E-state index contributed by atoms with van der Waals surface area (Å²) in [6.45, 7) is 3.16. The highest BCUT2D eigenvalue weighted by Gasteiger charge is 2.26. The molecule has 12 nitrogen and oxygen atoms in total. The van der Waals surface area contributed by atoms with Crippen LogP contribution >= 0.6 is 0 Å². The van der Waals surface area contributed by atoms with E-state index in [-0.39, 0.29) is 19.6 Å². The maximum atomic E-state index is 12.2. The van der Waals surface area contributed by atoms with Crippen LogP contribution in [0.3, 0.4) is 0 Å². The number of carbonyl (C=O) groups is 5. The van der Waals surface area contributed by atoms with Crippen LogP contribution in [0.15, 0.2) is 0 Å². The molecule has 0 saturated heterocycles. The lowest BCUT2D eigenvalue weighted by molar-refractivity contribution is -0.134. The van der Waals surface area contributed by atoms with Crippen LogP contribution in [0.25, 0.3) is 0 Å². The van der Waals surface area contributed by atoms with E-state index in [1.807, 2.05) is 0 Å². The Balaban J connectivity index is 4.52. The highest BCUT2D eigenvalue weighted by molar-refractivity contribution is 5.95. The minimum absolute atomic E-state index is 0.236. The lowest BCUT2D eigenvalue weighted by Gasteiger charge is -2.21. The van der Waals surface area contributed by atoms with Crippen molar-refractivity contribution in [3.05, 3.63) is 0 Å². The highest BCUT2D eigenvalue weighted by Crippen LogP contribution is 1.95. The van der Waals surface area contributed by atoms with Crippen molar-refractivity contribution in [1.82, 2.24) is 21.3 Å². The second-order valence-electron chi connectivity index (χ2n) is 5.91. The Morgan fingerprint density at radius 1 is 0.893 bits per heavy atom. The van der Waals surface area contributed by atoms with E-state index in [1.54, 1.807) is 0 Å². The lowest BCUT2D eigenvalue weighted by atomic mass is 10.1. The zero-order valence-corrected chi connectivity index (χ0v) is 16.5. The summed E-state index contributed by atoms with van der Waals surface area (Å²) >= 11 is 0. The average molecular weight is 403 g/mol. The first-order chi connectivity index (χ1) is 13.1. The molecule has 0 aromatic heterocycles. The molecular weight excluding hydrogens is 374 g/mol. The quantitative estimate of drug-likeness (QED) is 0.201. The molecular formula is C16H29N5O7. The Kier molecular flexibility index (Phi) is 12.1. The molecule has 0 aromatic rings. The molecule has 28 heavy (non-hydrogen) atoms. The van der Waals surface area contributed by atoms with Crippen LogP contribution in [0.4, 0.5) is 0 Å². The SMILES string of the molecule is CNC(=O)[C@H](CC(N)=O)NC(=O)[C@H](C)NC(=O)[C@H](C)NC(=O)COCCOC. The summed E-state index contributed by atoms with van der Waals surface area (Å²) in [5.74, 6) is -3.17. The molecule has 12 heteroatoms. The van der Waals surface area contributed by atoms with E-state index in [9.17, 15) is 24.0 Å². The maximum Gasteiger partial charge on any atom is 0.246 e. The number of primary amides is 1. The number of nitrogens with two attached hydrogens (primary N) is 1. The highest BCUT2D eigenvalue weighted by atomic mass is 16.5. The summed E-state index contributed by atoms with van der Waals surface area (Å²) in [6.07, 6.45) is -0.387. The molecule has 6 N–H and O–H groups in total. The predicted octanol–water partition coefficient (Wildman–Crippen LogP) is -3.23. The van der Waals surface area contributed by atoms with Crippen LogP contribution in [0.1, 0.15) is 20.3 Å². The first kappa shape index (κ1) is 25.3. The number of methoxy groups -OCH3 is 1. The number of amides is 5. The molecule has 0 unspecified atom stereocenters. The van der Waals surface area contributed by atoms with Crippen molar-refractivity contribution in [2.24, 2.45) is 5.73 Å². The van der Waals surface area contributed by atoms with E-state index in [2.05, 4.69) is 21.3 Å². The van der Waals surface area contributed by atoms with Gasteiger partial charge >= 0.3 is 0 Å². The first-order valence-corrected chi connectivity index (χ1v) is 8.59. The van der Waals surface area contributed by atoms with Crippen molar-refractivity contribution in [3.63, 3.8) is 0 Å². The molecule has 0 heterocycles. The van der Waals surface area contributed by atoms with Crippen molar-refractivity contribution in [2.75, 3.05) is 34.0 Å². The fourth-order valence-electron chi connectivity index (χ4n) is 1.94. The van der Waals surface area contributed by atoms with Gasteiger partial charge in [0.25, 0.3) is 0 Å². The van der Waals surface area contributed by atoms with Crippen molar-refractivity contribution in [3.8, 4) is 0 Å². The summed E-state index contributed by atoms with van der Waals surface area (Å²) in [5, 5.41) is 9.47. The number of hydrogen-bond donors (Lipinski definition) is 5. The van der Waals surface area contributed by atoms with Crippen molar-refractivity contribution in [1.29, 1.82) is 0 Å². The number of carbonyl (C=O) groups excluding carboxylic acids is 5. The van der Waals surface area contributed by atoms with Crippen LogP contribution in [0.5, 0.6) is 0 Å². The van der Waals surface area contributed by atoms with E-state index in [0.29, 0.717) is 6.61 Å². The van der Waals surface area contributed by atoms with Crippen molar-refractivity contribution in [2.45, 2.75) is 38.4 Å². The largest absolute Gasteiger partial charge is 0.382 e. The van der Waals surface area contributed by atoms with Gasteiger partial charge in [0.1, 0.15) is 24.7 Å². The average Bonchev–Trinajstić information content (AvgIpc) is 2.63. The Bertz CT molecular complexity index is 570. The molecule has 0 aliphatic carbocycles. The van der Waals surface area contributed by atoms with Crippen LogP contribution in [-0.4, -0.2) is 81.6 Å². The topological polar surface area (TPSA) is 178 Å². The van der Waals surface area contributed by atoms with Gasteiger partial charge in [0.15, 0.2) is 0 Å². The van der Waals surface area contributed by atoms with Gasteiger partial charge in [0, 0.05) is 14.2 Å². The zero-order chi connectivity index (χ0) is 21.7. The van der Waals surface area contributed by atoms with Gasteiger partial charge < -0.3 is 36.5 Å². The fourth-order valence-corrected chi connectivity index (χ4v) is 1.94. The van der Waals surface area contributed by atoms with E-state index in [0.717, 1.165) is 0 Å². The maximum absolute atomic E-state index is 12.2. The molecule has 0 bridgehead atoms. The van der Waals surface area contributed by atoms with Crippen LogP contribution in [-0.2, 0) is 33.4 Å². The van der Waals surface area contributed by atoms with E-state index in [4.69, 9.17) is 15.2 Å². The van der Waals surface area contributed by atoms with Crippen LogP contribution < -0.4 is 27.0 Å². The Morgan fingerprint density at radius 3 is 2.00 bits per heavy atom. The standard InChI is InChI=1S/C16H29N5O7/c1-9(19-13(23)8-28-6-5-27-4)14(24)20-10(2)15(25)21-11(7-12(17)22)16(26)18-3/h9-11H,5-8H2,1-4H3,(H2,17,22)(H,18,26)(H,19,23)(H,20,24)(H,21,25)/t9-,10-,11-/m0/s1. The fraction of sp³-hybridized carbons (Fsp3) is 0.688. The van der Waals surface area contributed by atoms with Gasteiger partial charge in [-0.05, 0) is 13.8 Å². The third kappa shape index (κ3) is 10.4. The van der Waals surface area contributed by atoms with Gasteiger partial charge in [-0.25, -0.2) is 0 Å². The molecule has 0 aliphatic rings. The molecule has 0 rings (SSSR count). The molecule has 0 saturated carbocycles. The third-order valence-corrected chi connectivity index (χ3v) is 3.47. The molecule has 160 valence electrons. The van der Waals surface area contributed by atoms with E-state index < -0.39 is 47.7 Å². The third-order valence-electron chi connectivity index (χ3n) is 3.47. The van der Waals surface area contributed by atoms with Crippen molar-refractivity contribution < 1.29 is 33.4 Å². The van der Waals surface area contributed by atoms with Crippen LogP contribution in [0.2, 0.25) is 0 Å². The minimum atomic E-state index is -1.16. The van der Waals surface area contributed by atoms with Gasteiger partial charge in [0.2, 0.25) is 29.5 Å². The number of hydrogen-bond acceptors (Lipinski definition) is 7. The Hall–Kier alpha value is -2.73. The Morgan fingerprint density at radius 2 is 1.46 bits per heavy atom. The first-order valence-electron chi connectivity index (χ1n) is 8.59. The molecule has 0 fully saturated rings. The second-order valence-corrected chi connectivity index (χ2v) is 5.91. The zero-order valence-electron chi connectivity index (χ0n) is 16.5. The van der Waals surface area contributed by atoms with Crippen LogP contribution in [0, 0.1) is 0 Å². The summed E-state index contributed by atoms with van der Waals surface area (Å²) in [4.78, 5) is 58.7. The number of ether oxygens (including phenoxy) is 2. The van der Waals surface area contributed by atoms with E-state index >= 15 is 0 Å². The number of likely N-dealkylation sites (N-methyl/N-ethyl adjacent to an activating group) is 1. The molecule has 0 aromatic carbocycles. The minimum Gasteiger partial charge on any atom is -0.382 e. The van der Waals surface area contributed by atoms with Gasteiger partial charge in [-0.2, -0.15) is 0 Å². The van der Waals surface area contributed by atoms with Crippen molar-refractivity contribution >= 4 is 29.5 Å². The summed E-state index contributed by atoms with van der Waals surface area (Å²) < 4.78 is 9.81. The summed E-state index contributed by atoms with van der Waals surface area (Å²) in [7, 11) is 2.84. The number of nitrogens with one attached hydrogen (secondary N) is 4. The molecule has 0 spiro atoms. The van der Waals surface area contributed by atoms with Gasteiger partial charge in [-0.3, -0.25) is 24.0 Å². The monoisotopic (exact) mass is 403 g/mol. The van der Waals surface area contributed by atoms with Gasteiger partial charge in [-0.15, -0.1) is 0 Å². The number of rotatable bonds is 13. The summed E-state index contributed by atoms with van der Waals surface area (Å²) in [6, 6.07) is -3.10. The van der Waals surface area contributed by atoms with Gasteiger partial charge in [-0.1, -0.05) is 0 Å². The Labute approximate surface area is 163 Å².